The van der Waals surface area contributed by atoms with Crippen molar-refractivity contribution in [1.82, 2.24) is 67.7 Å². The zero-order chi connectivity index (χ0) is 78.2. The summed E-state index contributed by atoms with van der Waals surface area (Å²) in [7, 11) is 2.13. The van der Waals surface area contributed by atoms with Gasteiger partial charge in [0.1, 0.15) is 61.6 Å². The lowest BCUT2D eigenvalue weighted by molar-refractivity contribution is -0.655. The van der Waals surface area contributed by atoms with E-state index in [4.69, 9.17) is 17.4 Å². The summed E-state index contributed by atoms with van der Waals surface area (Å²) in [5, 5.41) is 6.55. The first-order valence-corrected chi connectivity index (χ1v) is 39.2. The molecular weight excluding hydrogens is 1470 g/mol. The van der Waals surface area contributed by atoms with Gasteiger partial charge in [-0.3, -0.25) is 54.0 Å². The maximum absolute atomic E-state index is 8.23. The van der Waals surface area contributed by atoms with Crippen LogP contribution in [0.25, 0.3) is 181 Å². The van der Waals surface area contributed by atoms with Crippen molar-refractivity contribution in [2.75, 3.05) is 0 Å². The summed E-state index contributed by atoms with van der Waals surface area (Å²) < 4.78 is 67.0. The third-order valence-electron chi connectivity index (χ3n) is 22.7. The Morgan fingerprint density at radius 2 is 0.791 bits per heavy atom. The second-order valence-corrected chi connectivity index (χ2v) is 30.9. The lowest BCUT2D eigenvalue weighted by Gasteiger charge is -2.03. The Balaban J connectivity index is 0.0000000850. The molecule has 0 fully saturated rings. The molecule has 0 bridgehead atoms. The quantitative estimate of drug-likeness (QED) is 0.152. The second kappa shape index (κ2) is 25.3. The summed E-state index contributed by atoms with van der Waals surface area (Å²) in [5.41, 5.74) is 26.8. The summed E-state index contributed by atoms with van der Waals surface area (Å²) in [6, 6.07) is 57.9. The number of rotatable bonds is 3. The van der Waals surface area contributed by atoms with Crippen molar-refractivity contribution in [2.45, 2.75) is 32.7 Å². The van der Waals surface area contributed by atoms with Gasteiger partial charge in [0.15, 0.2) is 29.1 Å². The minimum absolute atomic E-state index is 0.601. The Hall–Kier alpha value is -14.9. The Kier molecular flexibility index (Phi) is 13.6. The lowest BCUT2D eigenvalue weighted by Crippen LogP contribution is -2.33. The molecule has 23 aromatic rings. The van der Waals surface area contributed by atoms with Crippen LogP contribution >= 0.6 is 22.7 Å². The molecule has 0 aliphatic carbocycles. The van der Waals surface area contributed by atoms with Crippen LogP contribution in [0.4, 0.5) is 0 Å². The van der Waals surface area contributed by atoms with Gasteiger partial charge in [0.25, 0.3) is 16.9 Å². The van der Waals surface area contributed by atoms with Crippen molar-refractivity contribution in [1.29, 1.82) is 0 Å². The molecule has 115 heavy (non-hydrogen) atoms. The number of para-hydroxylation sites is 3. The van der Waals surface area contributed by atoms with Gasteiger partial charge < -0.3 is 13.3 Å². The average Bonchev–Trinajstić information content (AvgIpc) is 1.53. The Labute approximate surface area is 664 Å². The molecule has 5 aliphatic rings. The molecule has 0 amide bonds. The molecule has 22 nitrogen and oxygen atoms in total. The molecule has 0 radical (unpaired) electrons. The zero-order valence-corrected chi connectivity index (χ0v) is 62.8. The van der Waals surface area contributed by atoms with Crippen LogP contribution < -0.4 is 22.8 Å². The molecule has 0 N–H and O–H groups in total. The lowest BCUT2D eigenvalue weighted by atomic mass is 10.1. The number of benzene rings is 4. The number of oxazole rings is 2. The monoisotopic (exact) mass is 1540 g/mol. The van der Waals surface area contributed by atoms with E-state index in [2.05, 4.69) is 198 Å². The first kappa shape index (κ1) is 61.8. The first-order chi connectivity index (χ1) is 58.1. The number of nitrogens with zero attached hydrogens (tertiary/aromatic N) is 19. The van der Waals surface area contributed by atoms with Crippen molar-refractivity contribution in [3.63, 3.8) is 0 Å². The number of thiazole rings is 1. The van der Waals surface area contributed by atoms with Crippen molar-refractivity contribution in [2.24, 2.45) is 14.0 Å². The van der Waals surface area contributed by atoms with Crippen LogP contribution in [0.15, 0.2) is 295 Å². The molecule has 0 spiro atoms. The van der Waals surface area contributed by atoms with Crippen LogP contribution in [0.3, 0.4) is 0 Å². The van der Waals surface area contributed by atoms with Gasteiger partial charge in [0, 0.05) is 162 Å². The number of thiophene rings is 1. The van der Waals surface area contributed by atoms with Crippen molar-refractivity contribution in [3.8, 4) is 73.3 Å². The SMILES string of the molecule is Cn1c2ccncc2c2c1[n+]1c(n2-c2ccccc2)-c2cnccc2C1.[2H]C([2H])([2H])n1c2ccncc2c2c1[n+]1c(n2-c2ccccc2)-c2cnccc2C1.c1cc2c(cn1)-c1oc3c4cnccc4oc3[n+]1C2.c1cc2c(cn1)-c1oc3c4cnccc4sc3[n+]1C2.c1ccc(-n2c3ccncc3c3sc4[n+](c32)Cc2ccccc2-4)cc1. The average molecular weight is 1540 g/mol. The van der Waals surface area contributed by atoms with Crippen LogP contribution in [-0.2, 0) is 46.7 Å². The fourth-order valence-electron chi connectivity index (χ4n) is 17.7. The Morgan fingerprint density at radius 3 is 1.41 bits per heavy atom. The number of furan rings is 1. The number of hydrogen-bond donors (Lipinski definition) is 0. The molecule has 24 heterocycles. The highest BCUT2D eigenvalue weighted by Crippen LogP contribution is 2.45. The molecule has 0 atom stereocenters. The molecule has 4 aromatic carbocycles. The van der Waals surface area contributed by atoms with Crippen LogP contribution in [0.2, 0.25) is 0 Å². The van der Waals surface area contributed by atoms with Gasteiger partial charge in [-0.25, -0.2) is 22.8 Å². The zero-order valence-electron chi connectivity index (χ0n) is 64.1. The molecule has 0 saturated carbocycles. The number of aromatic nitrogens is 19. The van der Waals surface area contributed by atoms with Gasteiger partial charge in [0.05, 0.1) is 69.3 Å². The standard InChI is InChI=1S/2C21H16N5.C21H14N3S.C14H8N3O2.C14H8N3OS/c2*1-24-18-8-10-23-12-17(18)19-21(24)25-13-14-7-9-22-11-16(14)20(25)26(19)15-5-3-2-4-6-15;1-2-7-15(8-3-1)24-18-10-11-22-12-17(18)19-20(24)23-13-14-6-4-5-9-16(14)21(23)25-19;1-3-15-5-9-8(1)7-17-13(9)19-12-10-6-16-4-2-11(10)18-14(12)17;1-3-15-5-9-8(1)7-17-13(9)18-12-10-6-16-4-2-11(10)19-14(12)17/h2*2-12H,13H2,1H3;1-12H,13H2;2*1-6H,7H2/q5*+1/i1D3;;;;. The van der Waals surface area contributed by atoms with Gasteiger partial charge in [0.2, 0.25) is 17.2 Å². The van der Waals surface area contributed by atoms with Crippen molar-refractivity contribution >= 4 is 131 Å². The van der Waals surface area contributed by atoms with E-state index >= 15 is 0 Å². The maximum Gasteiger partial charge on any atom is 0.422 e. The van der Waals surface area contributed by atoms with E-state index in [1.54, 1.807) is 54.6 Å². The number of fused-ring (bicyclic) bond motifs is 35. The number of hydrogen-bond acceptors (Lipinski definition) is 14. The van der Waals surface area contributed by atoms with E-state index in [0.29, 0.717) is 17.7 Å². The Bertz CT molecular complexity index is 7930. The summed E-state index contributed by atoms with van der Waals surface area (Å²) >= 11 is 3.63. The van der Waals surface area contributed by atoms with E-state index in [0.717, 1.165) is 122 Å². The van der Waals surface area contributed by atoms with Gasteiger partial charge in [-0.1, -0.05) is 95.5 Å². The summed E-state index contributed by atoms with van der Waals surface area (Å²) in [5.74, 6) is 3.84. The van der Waals surface area contributed by atoms with E-state index < -0.39 is 6.98 Å². The minimum atomic E-state index is -2.32. The van der Waals surface area contributed by atoms with E-state index in [-0.39, 0.29) is 0 Å². The molecular formula is C91H62N19O3S2+5. The topological polar surface area (TPSA) is 199 Å². The highest BCUT2D eigenvalue weighted by Gasteiger charge is 2.42. The van der Waals surface area contributed by atoms with Crippen LogP contribution in [0.1, 0.15) is 31.9 Å². The molecule has 19 aromatic heterocycles. The largest absolute Gasteiger partial charge is 0.422 e. The van der Waals surface area contributed by atoms with Gasteiger partial charge in [-0.2, -0.15) is 4.57 Å². The van der Waals surface area contributed by atoms with Gasteiger partial charge in [-0.15, -0.1) is 9.13 Å². The Morgan fingerprint density at radius 1 is 0.348 bits per heavy atom. The molecule has 24 heteroatoms. The fraction of sp³-hybridized carbons (Fsp3) is 0.0769. The molecule has 546 valence electrons. The molecule has 28 rings (SSSR count). The summed E-state index contributed by atoms with van der Waals surface area (Å²) in [4.78, 5) is 39.6. The fourth-order valence-corrected chi connectivity index (χ4v) is 20.1. The van der Waals surface area contributed by atoms with Crippen LogP contribution in [0.5, 0.6) is 0 Å². The second-order valence-electron chi connectivity index (χ2n) is 28.9. The highest BCUT2D eigenvalue weighted by atomic mass is 32.1. The minimum Gasteiger partial charge on any atom is -0.401 e. The van der Waals surface area contributed by atoms with E-state index in [1.165, 1.54) is 107 Å². The molecule has 5 aliphatic heterocycles. The van der Waals surface area contributed by atoms with Crippen molar-refractivity contribution in [3.05, 3.63) is 309 Å². The normalized spacial score (nSPS) is 13.3. The first-order valence-electron chi connectivity index (χ1n) is 39.1. The predicted molar refractivity (Wildman–Crippen MR) is 440 cm³/mol. The molecule has 0 unspecified atom stereocenters. The third kappa shape index (κ3) is 9.66. The van der Waals surface area contributed by atoms with Crippen molar-refractivity contribution < 1.29 is 40.2 Å². The molecule has 0 saturated heterocycles. The van der Waals surface area contributed by atoms with Crippen LogP contribution in [-0.4, -0.2) is 67.7 Å². The summed E-state index contributed by atoms with van der Waals surface area (Å²) in [6.07, 6.45) is 33.1. The maximum atomic E-state index is 8.23. The van der Waals surface area contributed by atoms with E-state index in [1.807, 2.05) is 145 Å². The van der Waals surface area contributed by atoms with Gasteiger partial charge in [-0.05, 0) is 84.9 Å². The van der Waals surface area contributed by atoms with Gasteiger partial charge >= 0.3 is 28.0 Å². The number of pyridine rings is 9. The smallest absolute Gasteiger partial charge is 0.401 e. The number of aryl methyl sites for hydroxylation is 2. The van der Waals surface area contributed by atoms with Crippen LogP contribution in [0, 0.1) is 0 Å². The number of imidazole rings is 2. The predicted octanol–water partition coefficient (Wildman–Crippen LogP) is 16.1. The highest BCUT2D eigenvalue weighted by molar-refractivity contribution is 7.25. The summed E-state index contributed by atoms with van der Waals surface area (Å²) in [6.45, 7) is 1.69. The third-order valence-corrected chi connectivity index (χ3v) is 25.1. The van der Waals surface area contributed by atoms with E-state index in [9.17, 15) is 0 Å².